The second kappa shape index (κ2) is 5.72. The van der Waals surface area contributed by atoms with Crippen LogP contribution in [0.2, 0.25) is 0 Å². The number of amides is 1. The molecule has 0 bridgehead atoms. The molecule has 3 rings (SSSR count). The first-order chi connectivity index (χ1) is 10.6. The van der Waals surface area contributed by atoms with Gasteiger partial charge in [-0.05, 0) is 30.3 Å². The topological polar surface area (TPSA) is 59.8 Å². The molecular weight excluding hydrogens is 290 g/mol. The van der Waals surface area contributed by atoms with Gasteiger partial charge in [0.25, 0.3) is 5.91 Å². The molecule has 0 unspecified atom stereocenters. The molecule has 0 aliphatic heterocycles. The Hall–Kier alpha value is -3.09. The monoisotopic (exact) mass is 300 g/mol. The summed E-state index contributed by atoms with van der Waals surface area (Å²) in [4.78, 5) is 12.0. The Balaban J connectivity index is 1.84. The fourth-order valence-electron chi connectivity index (χ4n) is 1.97. The number of anilines is 1. The van der Waals surface area contributed by atoms with Crippen LogP contribution in [0.4, 0.5) is 14.5 Å². The maximum Gasteiger partial charge on any atom is 0.255 e. The Morgan fingerprint density at radius 1 is 1.00 bits per heavy atom. The standard InChI is InChI=1S/C15H10F2N4O/c16-11-4-10(5-12(17)6-11)15(22)20-13-2-1-3-14(7-13)21-8-18-19-9-21/h1-9H,(H,20,22). The van der Waals surface area contributed by atoms with Gasteiger partial charge in [-0.2, -0.15) is 0 Å². The van der Waals surface area contributed by atoms with Gasteiger partial charge in [0.1, 0.15) is 24.3 Å². The number of rotatable bonds is 3. The van der Waals surface area contributed by atoms with Crippen molar-refractivity contribution in [2.45, 2.75) is 0 Å². The molecule has 110 valence electrons. The number of nitrogens with one attached hydrogen (secondary N) is 1. The van der Waals surface area contributed by atoms with Crippen LogP contribution < -0.4 is 5.32 Å². The highest BCUT2D eigenvalue weighted by atomic mass is 19.1. The lowest BCUT2D eigenvalue weighted by Crippen LogP contribution is -2.12. The molecular formula is C15H10F2N4O. The van der Waals surface area contributed by atoms with Crippen molar-refractivity contribution in [2.75, 3.05) is 5.32 Å². The smallest absolute Gasteiger partial charge is 0.255 e. The minimum Gasteiger partial charge on any atom is -0.322 e. The van der Waals surface area contributed by atoms with Crippen LogP contribution in [-0.4, -0.2) is 20.7 Å². The summed E-state index contributed by atoms with van der Waals surface area (Å²) in [6.45, 7) is 0. The second-order valence-electron chi connectivity index (χ2n) is 4.53. The quantitative estimate of drug-likeness (QED) is 0.809. The highest BCUT2D eigenvalue weighted by Gasteiger charge is 2.10. The maximum absolute atomic E-state index is 13.1. The fourth-order valence-corrected chi connectivity index (χ4v) is 1.97. The van der Waals surface area contributed by atoms with Crippen LogP contribution in [0, 0.1) is 11.6 Å². The molecule has 0 spiro atoms. The molecule has 0 saturated carbocycles. The molecule has 0 aliphatic carbocycles. The van der Waals surface area contributed by atoms with Gasteiger partial charge < -0.3 is 5.32 Å². The molecule has 2 aromatic carbocycles. The van der Waals surface area contributed by atoms with E-state index in [9.17, 15) is 13.6 Å². The average molecular weight is 300 g/mol. The molecule has 0 aliphatic rings. The van der Waals surface area contributed by atoms with Crippen molar-refractivity contribution in [2.24, 2.45) is 0 Å². The summed E-state index contributed by atoms with van der Waals surface area (Å²) >= 11 is 0. The second-order valence-corrected chi connectivity index (χ2v) is 4.53. The van der Waals surface area contributed by atoms with E-state index in [1.54, 1.807) is 28.8 Å². The van der Waals surface area contributed by atoms with E-state index >= 15 is 0 Å². The first kappa shape index (κ1) is 13.9. The molecule has 0 atom stereocenters. The number of nitrogens with zero attached hydrogens (tertiary/aromatic N) is 3. The van der Waals surface area contributed by atoms with Crippen molar-refractivity contribution >= 4 is 11.6 Å². The number of aromatic nitrogens is 3. The summed E-state index contributed by atoms with van der Waals surface area (Å²) in [5.74, 6) is -2.20. The average Bonchev–Trinajstić information content (AvgIpc) is 3.00. The van der Waals surface area contributed by atoms with Crippen LogP contribution in [0.3, 0.4) is 0 Å². The lowest BCUT2D eigenvalue weighted by molar-refractivity contribution is 0.102. The zero-order chi connectivity index (χ0) is 15.5. The normalized spacial score (nSPS) is 10.5. The van der Waals surface area contributed by atoms with Gasteiger partial charge in [-0.25, -0.2) is 8.78 Å². The SMILES string of the molecule is O=C(Nc1cccc(-n2cnnc2)c1)c1cc(F)cc(F)c1. The van der Waals surface area contributed by atoms with Crippen molar-refractivity contribution in [1.29, 1.82) is 0 Å². The molecule has 22 heavy (non-hydrogen) atoms. The highest BCUT2D eigenvalue weighted by molar-refractivity contribution is 6.04. The van der Waals surface area contributed by atoms with E-state index in [4.69, 9.17) is 0 Å². The van der Waals surface area contributed by atoms with Crippen LogP contribution in [0.1, 0.15) is 10.4 Å². The molecule has 0 fully saturated rings. The Morgan fingerprint density at radius 3 is 2.36 bits per heavy atom. The Labute approximate surface area is 124 Å². The molecule has 5 nitrogen and oxygen atoms in total. The minimum absolute atomic E-state index is 0.0906. The van der Waals surface area contributed by atoms with Crippen molar-refractivity contribution < 1.29 is 13.6 Å². The van der Waals surface area contributed by atoms with Gasteiger partial charge in [-0.1, -0.05) is 6.07 Å². The van der Waals surface area contributed by atoms with Crippen molar-refractivity contribution in [1.82, 2.24) is 14.8 Å². The van der Waals surface area contributed by atoms with Crippen LogP contribution >= 0.6 is 0 Å². The third-order valence-electron chi connectivity index (χ3n) is 2.95. The van der Waals surface area contributed by atoms with Crippen molar-refractivity contribution in [3.63, 3.8) is 0 Å². The lowest BCUT2D eigenvalue weighted by atomic mass is 10.2. The Kier molecular flexibility index (Phi) is 3.61. The number of hydrogen-bond donors (Lipinski definition) is 1. The van der Waals surface area contributed by atoms with Crippen LogP contribution in [0.25, 0.3) is 5.69 Å². The van der Waals surface area contributed by atoms with E-state index in [0.717, 1.165) is 17.8 Å². The molecule has 1 amide bonds. The van der Waals surface area contributed by atoms with Gasteiger partial charge in [0.2, 0.25) is 0 Å². The largest absolute Gasteiger partial charge is 0.322 e. The Bertz CT molecular complexity index is 798. The number of benzene rings is 2. The first-order valence-electron chi connectivity index (χ1n) is 6.34. The zero-order valence-corrected chi connectivity index (χ0v) is 11.2. The summed E-state index contributed by atoms with van der Waals surface area (Å²) in [7, 11) is 0. The van der Waals surface area contributed by atoms with E-state index in [1.807, 2.05) is 0 Å². The summed E-state index contributed by atoms with van der Waals surface area (Å²) in [5.41, 5.74) is 1.14. The number of hydrogen-bond acceptors (Lipinski definition) is 3. The molecule has 1 N–H and O–H groups in total. The first-order valence-corrected chi connectivity index (χ1v) is 6.34. The van der Waals surface area contributed by atoms with E-state index in [1.165, 1.54) is 12.7 Å². The van der Waals surface area contributed by atoms with Gasteiger partial charge in [-0.15, -0.1) is 10.2 Å². The minimum atomic E-state index is -0.802. The van der Waals surface area contributed by atoms with E-state index < -0.39 is 17.5 Å². The number of halogens is 2. The summed E-state index contributed by atoms with van der Waals surface area (Å²) < 4.78 is 27.9. The van der Waals surface area contributed by atoms with E-state index in [-0.39, 0.29) is 5.56 Å². The predicted octanol–water partition coefficient (Wildman–Crippen LogP) is 2.80. The van der Waals surface area contributed by atoms with Crippen LogP contribution in [0.5, 0.6) is 0 Å². The molecule has 0 saturated heterocycles. The third-order valence-corrected chi connectivity index (χ3v) is 2.95. The van der Waals surface area contributed by atoms with Gasteiger partial charge in [0, 0.05) is 17.3 Å². The number of carbonyl (C=O) groups excluding carboxylic acids is 1. The van der Waals surface area contributed by atoms with Crippen molar-refractivity contribution in [3.8, 4) is 5.69 Å². The van der Waals surface area contributed by atoms with Gasteiger partial charge in [0.05, 0.1) is 5.69 Å². The molecule has 3 aromatic rings. The Morgan fingerprint density at radius 2 is 1.68 bits per heavy atom. The summed E-state index contributed by atoms with van der Waals surface area (Å²) in [5, 5.41) is 9.99. The number of carbonyl (C=O) groups is 1. The van der Waals surface area contributed by atoms with E-state index in [2.05, 4.69) is 15.5 Å². The van der Waals surface area contributed by atoms with Crippen LogP contribution in [0.15, 0.2) is 55.1 Å². The summed E-state index contributed by atoms with van der Waals surface area (Å²) in [6, 6.07) is 9.56. The van der Waals surface area contributed by atoms with Crippen molar-refractivity contribution in [3.05, 3.63) is 72.3 Å². The van der Waals surface area contributed by atoms with E-state index in [0.29, 0.717) is 11.8 Å². The fraction of sp³-hybridized carbons (Fsp3) is 0. The zero-order valence-electron chi connectivity index (χ0n) is 11.2. The third kappa shape index (κ3) is 2.98. The lowest BCUT2D eigenvalue weighted by Gasteiger charge is -2.08. The molecule has 7 heteroatoms. The maximum atomic E-state index is 13.1. The highest BCUT2D eigenvalue weighted by Crippen LogP contribution is 2.16. The summed E-state index contributed by atoms with van der Waals surface area (Å²) in [6.07, 6.45) is 3.03. The van der Waals surface area contributed by atoms with Gasteiger partial charge in [0.15, 0.2) is 0 Å². The van der Waals surface area contributed by atoms with Crippen LogP contribution in [-0.2, 0) is 0 Å². The van der Waals surface area contributed by atoms with Gasteiger partial charge in [-0.3, -0.25) is 9.36 Å². The molecule has 0 radical (unpaired) electrons. The molecule has 1 heterocycles. The van der Waals surface area contributed by atoms with Gasteiger partial charge >= 0.3 is 0 Å². The molecule has 1 aromatic heterocycles. The predicted molar refractivity (Wildman–Crippen MR) is 75.7 cm³/mol.